The van der Waals surface area contributed by atoms with Crippen LogP contribution in [0.4, 0.5) is 10.1 Å². The Bertz CT molecular complexity index is 422. The summed E-state index contributed by atoms with van der Waals surface area (Å²) in [6.45, 7) is 4.34. The van der Waals surface area contributed by atoms with Crippen molar-refractivity contribution in [1.82, 2.24) is 0 Å². The van der Waals surface area contributed by atoms with Gasteiger partial charge in [0.25, 0.3) is 0 Å². The first-order valence-corrected chi connectivity index (χ1v) is 6.33. The zero-order valence-corrected chi connectivity index (χ0v) is 11.1. The van der Waals surface area contributed by atoms with Crippen LogP contribution >= 0.6 is 0 Å². The summed E-state index contributed by atoms with van der Waals surface area (Å²) in [5.74, 6) is -0.360. The third-order valence-electron chi connectivity index (χ3n) is 3.66. The van der Waals surface area contributed by atoms with Crippen LogP contribution in [0.25, 0.3) is 0 Å². The minimum Gasteiger partial charge on any atom is -0.389 e. The first kappa shape index (κ1) is 13.3. The Balaban J connectivity index is 2.35. The van der Waals surface area contributed by atoms with Gasteiger partial charge in [0, 0.05) is 24.9 Å². The molecule has 1 heterocycles. The molecule has 0 saturated carbocycles. The predicted molar refractivity (Wildman–Crippen MR) is 69.3 cm³/mol. The second kappa shape index (κ2) is 5.24. The van der Waals surface area contributed by atoms with Crippen LogP contribution in [0.2, 0.25) is 0 Å². The minimum absolute atomic E-state index is 0.125. The molecule has 1 saturated heterocycles. The van der Waals surface area contributed by atoms with Crippen molar-refractivity contribution in [2.45, 2.75) is 38.5 Å². The summed E-state index contributed by atoms with van der Waals surface area (Å²) in [7, 11) is 1.93. The molecule has 0 bridgehead atoms. The van der Waals surface area contributed by atoms with Crippen molar-refractivity contribution in [3.63, 3.8) is 0 Å². The van der Waals surface area contributed by atoms with E-state index in [0.29, 0.717) is 5.56 Å². The van der Waals surface area contributed by atoms with Crippen LogP contribution in [-0.4, -0.2) is 30.9 Å². The van der Waals surface area contributed by atoms with E-state index < -0.39 is 6.10 Å². The maximum Gasteiger partial charge on any atom is 0.131 e. The van der Waals surface area contributed by atoms with Crippen molar-refractivity contribution >= 4 is 5.69 Å². The molecule has 0 aromatic heterocycles. The van der Waals surface area contributed by atoms with Crippen LogP contribution in [0.15, 0.2) is 18.2 Å². The van der Waals surface area contributed by atoms with Gasteiger partial charge in [-0.3, -0.25) is 0 Å². The minimum atomic E-state index is -0.818. The van der Waals surface area contributed by atoms with Crippen molar-refractivity contribution < 1.29 is 14.2 Å². The molecular formula is C14H20FNO2. The van der Waals surface area contributed by atoms with E-state index in [4.69, 9.17) is 4.74 Å². The molecule has 1 aliphatic rings. The number of aliphatic hydroxyl groups is 1. The monoisotopic (exact) mass is 253 g/mol. The Labute approximate surface area is 107 Å². The van der Waals surface area contributed by atoms with E-state index in [-0.39, 0.29) is 18.0 Å². The van der Waals surface area contributed by atoms with Gasteiger partial charge in [0.15, 0.2) is 0 Å². The van der Waals surface area contributed by atoms with Crippen molar-refractivity contribution in [2.75, 3.05) is 18.6 Å². The SMILES string of the molecule is CC1OCCC1N(C)c1cccc(F)c1[C@@H](C)O. The number of ether oxygens (including phenoxy) is 1. The Kier molecular flexibility index (Phi) is 3.88. The molecule has 1 N–H and O–H groups in total. The van der Waals surface area contributed by atoms with Gasteiger partial charge in [-0.25, -0.2) is 4.39 Å². The van der Waals surface area contributed by atoms with Gasteiger partial charge in [0.2, 0.25) is 0 Å². The van der Waals surface area contributed by atoms with Gasteiger partial charge in [-0.2, -0.15) is 0 Å². The number of halogens is 1. The summed E-state index contributed by atoms with van der Waals surface area (Å²) in [4.78, 5) is 2.02. The molecule has 0 aliphatic carbocycles. The van der Waals surface area contributed by atoms with E-state index in [1.54, 1.807) is 13.0 Å². The summed E-state index contributed by atoms with van der Waals surface area (Å²) in [6, 6.07) is 5.13. The number of anilines is 1. The van der Waals surface area contributed by atoms with E-state index in [0.717, 1.165) is 18.7 Å². The van der Waals surface area contributed by atoms with E-state index in [1.807, 2.05) is 24.9 Å². The van der Waals surface area contributed by atoms with Crippen molar-refractivity contribution in [2.24, 2.45) is 0 Å². The quantitative estimate of drug-likeness (QED) is 0.898. The van der Waals surface area contributed by atoms with Gasteiger partial charge in [-0.1, -0.05) is 6.07 Å². The van der Waals surface area contributed by atoms with Crippen LogP contribution < -0.4 is 4.90 Å². The molecule has 0 spiro atoms. The van der Waals surface area contributed by atoms with E-state index in [1.165, 1.54) is 6.07 Å². The average molecular weight is 253 g/mol. The Hall–Kier alpha value is -1.13. The molecule has 3 nitrogen and oxygen atoms in total. The van der Waals surface area contributed by atoms with Crippen molar-refractivity contribution in [3.05, 3.63) is 29.6 Å². The topological polar surface area (TPSA) is 32.7 Å². The highest BCUT2D eigenvalue weighted by molar-refractivity contribution is 5.55. The third kappa shape index (κ3) is 2.35. The molecule has 2 unspecified atom stereocenters. The maximum absolute atomic E-state index is 13.8. The molecule has 4 heteroatoms. The summed E-state index contributed by atoms with van der Waals surface area (Å²) in [5, 5.41) is 9.75. The van der Waals surface area contributed by atoms with Crippen LogP contribution in [-0.2, 0) is 4.74 Å². The molecule has 2 rings (SSSR count). The number of hydrogen-bond donors (Lipinski definition) is 1. The Morgan fingerprint density at radius 3 is 2.78 bits per heavy atom. The number of rotatable bonds is 3. The van der Waals surface area contributed by atoms with Gasteiger partial charge in [-0.15, -0.1) is 0 Å². The molecule has 18 heavy (non-hydrogen) atoms. The van der Waals surface area contributed by atoms with Gasteiger partial charge in [0.05, 0.1) is 18.2 Å². The van der Waals surface area contributed by atoms with Gasteiger partial charge >= 0.3 is 0 Å². The summed E-state index contributed by atoms with van der Waals surface area (Å²) < 4.78 is 19.4. The fourth-order valence-electron chi connectivity index (χ4n) is 2.65. The first-order chi connectivity index (χ1) is 8.52. The molecule has 100 valence electrons. The predicted octanol–water partition coefficient (Wildman–Crippen LogP) is 2.49. The van der Waals surface area contributed by atoms with Crippen LogP contribution in [0.5, 0.6) is 0 Å². The van der Waals surface area contributed by atoms with Crippen LogP contribution in [0.1, 0.15) is 31.9 Å². The summed E-state index contributed by atoms with van der Waals surface area (Å²) in [5.41, 5.74) is 1.10. The molecule has 0 radical (unpaired) electrons. The lowest BCUT2D eigenvalue weighted by Crippen LogP contribution is -2.37. The fraction of sp³-hybridized carbons (Fsp3) is 0.571. The zero-order chi connectivity index (χ0) is 13.3. The van der Waals surface area contributed by atoms with Crippen LogP contribution in [0, 0.1) is 5.82 Å². The standard InChI is InChI=1S/C14H20FNO2/c1-9(17)14-11(15)5-4-6-13(14)16(3)12-7-8-18-10(12)2/h4-6,9-10,12,17H,7-8H2,1-3H3/t9-,10?,12?/m1/s1. The fourth-order valence-corrected chi connectivity index (χ4v) is 2.65. The molecule has 3 atom stereocenters. The number of aliphatic hydroxyl groups excluding tert-OH is 1. The molecule has 0 amide bonds. The number of benzene rings is 1. The largest absolute Gasteiger partial charge is 0.389 e. The smallest absolute Gasteiger partial charge is 0.131 e. The third-order valence-corrected chi connectivity index (χ3v) is 3.66. The second-order valence-corrected chi connectivity index (χ2v) is 4.89. The lowest BCUT2D eigenvalue weighted by atomic mass is 10.0. The van der Waals surface area contributed by atoms with Crippen molar-refractivity contribution in [3.8, 4) is 0 Å². The highest BCUT2D eigenvalue weighted by Crippen LogP contribution is 2.32. The second-order valence-electron chi connectivity index (χ2n) is 4.89. The lowest BCUT2D eigenvalue weighted by molar-refractivity contribution is 0.118. The maximum atomic E-state index is 13.8. The zero-order valence-electron chi connectivity index (χ0n) is 11.1. The normalized spacial score (nSPS) is 25.2. The van der Waals surface area contributed by atoms with Gasteiger partial charge in [-0.05, 0) is 32.4 Å². The van der Waals surface area contributed by atoms with E-state index in [2.05, 4.69) is 0 Å². The summed E-state index contributed by atoms with van der Waals surface area (Å²) in [6.07, 6.45) is 0.231. The van der Waals surface area contributed by atoms with Crippen LogP contribution in [0.3, 0.4) is 0 Å². The number of likely N-dealkylation sites (N-methyl/N-ethyl adjacent to an activating group) is 1. The molecule has 1 aromatic rings. The van der Waals surface area contributed by atoms with Crippen molar-refractivity contribution in [1.29, 1.82) is 0 Å². The highest BCUT2D eigenvalue weighted by atomic mass is 19.1. The summed E-state index contributed by atoms with van der Waals surface area (Å²) >= 11 is 0. The highest BCUT2D eigenvalue weighted by Gasteiger charge is 2.30. The first-order valence-electron chi connectivity index (χ1n) is 6.33. The van der Waals surface area contributed by atoms with E-state index >= 15 is 0 Å². The molecular weight excluding hydrogens is 233 g/mol. The number of nitrogens with zero attached hydrogens (tertiary/aromatic N) is 1. The Morgan fingerprint density at radius 1 is 1.50 bits per heavy atom. The average Bonchev–Trinajstić information content (AvgIpc) is 2.73. The Morgan fingerprint density at radius 2 is 2.22 bits per heavy atom. The molecule has 1 fully saturated rings. The molecule has 1 aliphatic heterocycles. The number of hydrogen-bond acceptors (Lipinski definition) is 3. The van der Waals surface area contributed by atoms with Gasteiger partial charge < -0.3 is 14.7 Å². The van der Waals surface area contributed by atoms with E-state index in [9.17, 15) is 9.50 Å². The molecule has 1 aromatic carbocycles. The lowest BCUT2D eigenvalue weighted by Gasteiger charge is -2.31. The van der Waals surface area contributed by atoms with Gasteiger partial charge in [0.1, 0.15) is 5.82 Å².